The molecule has 1 atom stereocenters. The molecule has 0 aliphatic carbocycles. The second-order valence-electron chi connectivity index (χ2n) is 4.88. The summed E-state index contributed by atoms with van der Waals surface area (Å²) in [6, 6.07) is 7.79. The van der Waals surface area contributed by atoms with Crippen LogP contribution >= 0.6 is 11.3 Å². The molecule has 0 saturated carbocycles. The Bertz CT molecular complexity index is 601. The lowest BCUT2D eigenvalue weighted by Gasteiger charge is -2.09. The topological polar surface area (TPSA) is 51.2 Å². The third-order valence-electron chi connectivity index (χ3n) is 3.37. The maximum atomic E-state index is 12.0. The molecule has 5 heteroatoms. The number of benzene rings is 1. The maximum Gasteiger partial charge on any atom is 0.229 e. The SMILES string of the molecule is Cc1nc(-c2ccc(NC(=O)[C@H]3CCOC3)cc2)cs1. The molecular formula is C15H16N2O2S. The minimum absolute atomic E-state index is 0.0177. The molecule has 0 spiro atoms. The molecule has 1 amide bonds. The highest BCUT2D eigenvalue weighted by Crippen LogP contribution is 2.23. The summed E-state index contributed by atoms with van der Waals surface area (Å²) in [4.78, 5) is 16.4. The Hall–Kier alpha value is -1.72. The van der Waals surface area contributed by atoms with Crippen LogP contribution in [0.25, 0.3) is 11.3 Å². The third kappa shape index (κ3) is 2.89. The largest absolute Gasteiger partial charge is 0.381 e. The minimum Gasteiger partial charge on any atom is -0.381 e. The van der Waals surface area contributed by atoms with Crippen molar-refractivity contribution in [2.75, 3.05) is 18.5 Å². The van der Waals surface area contributed by atoms with Crippen molar-refractivity contribution in [1.82, 2.24) is 4.98 Å². The molecular weight excluding hydrogens is 272 g/mol. The normalized spacial score (nSPS) is 18.1. The maximum absolute atomic E-state index is 12.0. The Morgan fingerprint density at radius 2 is 2.20 bits per heavy atom. The smallest absolute Gasteiger partial charge is 0.229 e. The van der Waals surface area contributed by atoms with Crippen LogP contribution in [0.15, 0.2) is 29.6 Å². The van der Waals surface area contributed by atoms with Crippen LogP contribution in [-0.2, 0) is 9.53 Å². The van der Waals surface area contributed by atoms with Crippen LogP contribution in [0.1, 0.15) is 11.4 Å². The highest BCUT2D eigenvalue weighted by molar-refractivity contribution is 7.09. The number of aromatic nitrogens is 1. The molecule has 0 unspecified atom stereocenters. The van der Waals surface area contributed by atoms with E-state index < -0.39 is 0 Å². The quantitative estimate of drug-likeness (QED) is 0.944. The Balaban J connectivity index is 1.68. The van der Waals surface area contributed by atoms with Crippen LogP contribution in [0.3, 0.4) is 0 Å². The van der Waals surface area contributed by atoms with Gasteiger partial charge < -0.3 is 10.1 Å². The van der Waals surface area contributed by atoms with Gasteiger partial charge in [-0.3, -0.25) is 4.79 Å². The monoisotopic (exact) mass is 288 g/mol. The molecule has 0 radical (unpaired) electrons. The van der Waals surface area contributed by atoms with E-state index in [0.717, 1.165) is 28.4 Å². The van der Waals surface area contributed by atoms with Gasteiger partial charge in [0.2, 0.25) is 5.91 Å². The summed E-state index contributed by atoms with van der Waals surface area (Å²) >= 11 is 1.64. The van der Waals surface area contributed by atoms with Crippen LogP contribution < -0.4 is 5.32 Å². The average Bonchev–Trinajstić information content (AvgIpc) is 3.10. The van der Waals surface area contributed by atoms with Gasteiger partial charge in [-0.25, -0.2) is 4.98 Å². The number of carbonyl (C=O) groups is 1. The first kappa shape index (κ1) is 13.3. The molecule has 20 heavy (non-hydrogen) atoms. The Morgan fingerprint density at radius 3 is 2.80 bits per heavy atom. The van der Waals surface area contributed by atoms with Gasteiger partial charge in [-0.2, -0.15) is 0 Å². The summed E-state index contributed by atoms with van der Waals surface area (Å²) in [5.41, 5.74) is 2.86. The van der Waals surface area contributed by atoms with Crippen molar-refractivity contribution >= 4 is 22.9 Å². The Kier molecular flexibility index (Phi) is 3.80. The molecule has 2 heterocycles. The molecule has 0 bridgehead atoms. The second kappa shape index (κ2) is 5.73. The number of thiazole rings is 1. The van der Waals surface area contributed by atoms with E-state index in [1.54, 1.807) is 11.3 Å². The van der Waals surface area contributed by atoms with Crippen molar-refractivity contribution < 1.29 is 9.53 Å². The molecule has 2 aromatic rings. The van der Waals surface area contributed by atoms with Gasteiger partial charge in [0.1, 0.15) is 0 Å². The lowest BCUT2D eigenvalue weighted by molar-refractivity contribution is -0.119. The molecule has 1 aromatic heterocycles. The van der Waals surface area contributed by atoms with Gasteiger partial charge in [-0.15, -0.1) is 11.3 Å². The van der Waals surface area contributed by atoms with Crippen molar-refractivity contribution in [3.8, 4) is 11.3 Å². The molecule has 1 saturated heterocycles. The third-order valence-corrected chi connectivity index (χ3v) is 4.14. The predicted molar refractivity (Wildman–Crippen MR) is 79.8 cm³/mol. The van der Waals surface area contributed by atoms with E-state index in [2.05, 4.69) is 10.3 Å². The van der Waals surface area contributed by atoms with Gasteiger partial charge in [0.15, 0.2) is 0 Å². The van der Waals surface area contributed by atoms with E-state index in [-0.39, 0.29) is 11.8 Å². The van der Waals surface area contributed by atoms with Crippen molar-refractivity contribution in [2.24, 2.45) is 5.92 Å². The van der Waals surface area contributed by atoms with Crippen LogP contribution in [0, 0.1) is 12.8 Å². The summed E-state index contributed by atoms with van der Waals surface area (Å²) in [6.45, 7) is 3.20. The van der Waals surface area contributed by atoms with E-state index in [1.807, 2.05) is 36.6 Å². The number of hydrogen-bond donors (Lipinski definition) is 1. The first-order valence-electron chi connectivity index (χ1n) is 6.63. The van der Waals surface area contributed by atoms with Gasteiger partial charge in [-0.05, 0) is 25.5 Å². The first-order chi connectivity index (χ1) is 9.72. The standard InChI is InChI=1S/C15H16N2O2S/c1-10-16-14(9-20-10)11-2-4-13(5-3-11)17-15(18)12-6-7-19-8-12/h2-5,9,12H,6-8H2,1H3,(H,17,18)/t12-/m0/s1. The minimum atomic E-state index is -0.0177. The summed E-state index contributed by atoms with van der Waals surface area (Å²) in [7, 11) is 0. The van der Waals surface area contributed by atoms with Gasteiger partial charge in [0, 0.05) is 23.2 Å². The fourth-order valence-electron chi connectivity index (χ4n) is 2.21. The Morgan fingerprint density at radius 1 is 1.40 bits per heavy atom. The van der Waals surface area contributed by atoms with E-state index in [9.17, 15) is 4.79 Å². The summed E-state index contributed by atoms with van der Waals surface area (Å²) in [5.74, 6) is 0.0237. The van der Waals surface area contributed by atoms with Crippen LogP contribution in [-0.4, -0.2) is 24.1 Å². The number of nitrogens with one attached hydrogen (secondary N) is 1. The number of aryl methyl sites for hydroxylation is 1. The zero-order chi connectivity index (χ0) is 13.9. The molecule has 4 nitrogen and oxygen atoms in total. The van der Waals surface area contributed by atoms with Crippen LogP contribution in [0.4, 0.5) is 5.69 Å². The summed E-state index contributed by atoms with van der Waals surface area (Å²) < 4.78 is 5.23. The van der Waals surface area contributed by atoms with E-state index in [1.165, 1.54) is 0 Å². The van der Waals surface area contributed by atoms with E-state index in [0.29, 0.717) is 13.2 Å². The van der Waals surface area contributed by atoms with Gasteiger partial charge in [0.05, 0.1) is 23.2 Å². The zero-order valence-corrected chi connectivity index (χ0v) is 12.1. The lowest BCUT2D eigenvalue weighted by atomic mass is 10.1. The molecule has 1 aliphatic rings. The molecule has 104 valence electrons. The summed E-state index contributed by atoms with van der Waals surface area (Å²) in [6.07, 6.45) is 0.808. The molecule has 1 aromatic carbocycles. The fraction of sp³-hybridized carbons (Fsp3) is 0.333. The van der Waals surface area contributed by atoms with Gasteiger partial charge >= 0.3 is 0 Å². The number of ether oxygens (including phenoxy) is 1. The predicted octanol–water partition coefficient (Wildman–Crippen LogP) is 3.09. The van der Waals surface area contributed by atoms with Crippen molar-refractivity contribution in [3.05, 3.63) is 34.7 Å². The molecule has 1 N–H and O–H groups in total. The highest BCUT2D eigenvalue weighted by atomic mass is 32.1. The summed E-state index contributed by atoms with van der Waals surface area (Å²) in [5, 5.41) is 6.03. The number of anilines is 1. The lowest BCUT2D eigenvalue weighted by Crippen LogP contribution is -2.22. The second-order valence-corrected chi connectivity index (χ2v) is 5.94. The number of carbonyl (C=O) groups excluding carboxylic acids is 1. The first-order valence-corrected chi connectivity index (χ1v) is 7.51. The van der Waals surface area contributed by atoms with Crippen molar-refractivity contribution in [1.29, 1.82) is 0 Å². The van der Waals surface area contributed by atoms with Crippen LogP contribution in [0.2, 0.25) is 0 Å². The fourth-order valence-corrected chi connectivity index (χ4v) is 2.83. The molecule has 3 rings (SSSR count). The number of amides is 1. The number of hydrogen-bond acceptors (Lipinski definition) is 4. The Labute approximate surface area is 121 Å². The highest BCUT2D eigenvalue weighted by Gasteiger charge is 2.23. The van der Waals surface area contributed by atoms with E-state index in [4.69, 9.17) is 4.74 Å². The van der Waals surface area contributed by atoms with Crippen LogP contribution in [0.5, 0.6) is 0 Å². The van der Waals surface area contributed by atoms with Gasteiger partial charge in [0.25, 0.3) is 0 Å². The van der Waals surface area contributed by atoms with E-state index >= 15 is 0 Å². The average molecular weight is 288 g/mol. The molecule has 1 aliphatic heterocycles. The number of rotatable bonds is 3. The van der Waals surface area contributed by atoms with Crippen molar-refractivity contribution in [3.63, 3.8) is 0 Å². The molecule has 1 fully saturated rings. The number of nitrogens with zero attached hydrogens (tertiary/aromatic N) is 1. The van der Waals surface area contributed by atoms with Gasteiger partial charge in [-0.1, -0.05) is 12.1 Å². The van der Waals surface area contributed by atoms with Crippen molar-refractivity contribution in [2.45, 2.75) is 13.3 Å². The zero-order valence-electron chi connectivity index (χ0n) is 11.3.